The molecule has 2 nitrogen and oxygen atoms in total. The summed E-state index contributed by atoms with van der Waals surface area (Å²) in [4.78, 5) is 11.6. The standard InChI is InChI=1S/C23H21NO/c1-6-19-13-24(20-10-11-21(18(5)25)17(4)12-20)14-22(19)23-15(2)8-7-9-16(23)3/h1,7-14H,2-5H3. The maximum absolute atomic E-state index is 11.6. The van der Waals surface area contributed by atoms with E-state index in [-0.39, 0.29) is 5.78 Å². The molecule has 0 spiro atoms. The van der Waals surface area contributed by atoms with E-state index in [0.29, 0.717) is 0 Å². The molecule has 0 fully saturated rings. The molecule has 124 valence electrons. The van der Waals surface area contributed by atoms with Crippen molar-refractivity contribution >= 4 is 5.78 Å². The summed E-state index contributed by atoms with van der Waals surface area (Å²) in [6, 6.07) is 12.1. The van der Waals surface area contributed by atoms with Gasteiger partial charge in [0.05, 0.1) is 5.56 Å². The SMILES string of the molecule is C#Cc1cn(-c2ccc(C(C)=O)c(C)c2)cc1-c1c(C)cccc1C. The summed E-state index contributed by atoms with van der Waals surface area (Å²) >= 11 is 0. The van der Waals surface area contributed by atoms with E-state index in [9.17, 15) is 4.79 Å². The predicted molar refractivity (Wildman–Crippen MR) is 103 cm³/mol. The summed E-state index contributed by atoms with van der Waals surface area (Å²) in [5, 5.41) is 0. The lowest BCUT2D eigenvalue weighted by molar-refractivity contribution is 0.101. The number of Topliss-reactive ketones (excluding diaryl/α,β-unsaturated/α-hetero) is 1. The van der Waals surface area contributed by atoms with E-state index in [1.54, 1.807) is 6.92 Å². The Balaban J connectivity index is 2.16. The summed E-state index contributed by atoms with van der Waals surface area (Å²) in [6.45, 7) is 7.75. The van der Waals surface area contributed by atoms with Gasteiger partial charge in [-0.05, 0) is 68.1 Å². The number of hydrogen-bond acceptors (Lipinski definition) is 1. The monoisotopic (exact) mass is 327 g/mol. The summed E-state index contributed by atoms with van der Waals surface area (Å²) in [7, 11) is 0. The molecule has 0 N–H and O–H groups in total. The van der Waals surface area contributed by atoms with Gasteiger partial charge in [0.25, 0.3) is 0 Å². The fourth-order valence-corrected chi connectivity index (χ4v) is 3.36. The van der Waals surface area contributed by atoms with Gasteiger partial charge in [0, 0.05) is 29.2 Å². The fraction of sp³-hybridized carbons (Fsp3) is 0.174. The van der Waals surface area contributed by atoms with Crippen LogP contribution >= 0.6 is 0 Å². The largest absolute Gasteiger partial charge is 0.322 e. The Hall–Kier alpha value is -3.05. The van der Waals surface area contributed by atoms with Gasteiger partial charge in [0.2, 0.25) is 0 Å². The molecule has 0 amide bonds. The third kappa shape index (κ3) is 3.02. The molecule has 2 aromatic carbocycles. The van der Waals surface area contributed by atoms with Gasteiger partial charge < -0.3 is 4.57 Å². The van der Waals surface area contributed by atoms with Crippen molar-refractivity contribution in [1.82, 2.24) is 4.57 Å². The molecular formula is C23H21NO. The molecule has 0 unspecified atom stereocenters. The lowest BCUT2D eigenvalue weighted by Crippen LogP contribution is -1.98. The molecule has 0 aliphatic rings. The predicted octanol–water partition coefficient (Wildman–Crippen LogP) is 5.25. The highest BCUT2D eigenvalue weighted by Gasteiger charge is 2.13. The molecule has 3 aromatic rings. The Morgan fingerprint density at radius 3 is 2.24 bits per heavy atom. The minimum Gasteiger partial charge on any atom is -0.322 e. The zero-order valence-corrected chi connectivity index (χ0v) is 15.1. The lowest BCUT2D eigenvalue weighted by atomic mass is 9.95. The molecule has 0 bridgehead atoms. The zero-order valence-electron chi connectivity index (χ0n) is 15.1. The van der Waals surface area contributed by atoms with E-state index in [1.807, 2.05) is 35.9 Å². The number of nitrogens with zero attached hydrogens (tertiary/aromatic N) is 1. The number of benzene rings is 2. The molecule has 0 aliphatic heterocycles. The van der Waals surface area contributed by atoms with Crippen molar-refractivity contribution < 1.29 is 4.79 Å². The van der Waals surface area contributed by atoms with E-state index in [2.05, 4.69) is 44.2 Å². The Morgan fingerprint density at radius 1 is 1.00 bits per heavy atom. The lowest BCUT2D eigenvalue weighted by Gasteiger charge is -2.09. The van der Waals surface area contributed by atoms with Gasteiger partial charge in [-0.25, -0.2) is 0 Å². The van der Waals surface area contributed by atoms with Gasteiger partial charge >= 0.3 is 0 Å². The van der Waals surface area contributed by atoms with Crippen LogP contribution in [0.5, 0.6) is 0 Å². The highest BCUT2D eigenvalue weighted by Crippen LogP contribution is 2.31. The van der Waals surface area contributed by atoms with Gasteiger partial charge in [-0.3, -0.25) is 4.79 Å². The summed E-state index contributed by atoms with van der Waals surface area (Å²) < 4.78 is 2.04. The quantitative estimate of drug-likeness (QED) is 0.475. The van der Waals surface area contributed by atoms with Crippen molar-refractivity contribution in [3.8, 4) is 29.2 Å². The second-order valence-corrected chi connectivity index (χ2v) is 6.46. The molecule has 1 aromatic heterocycles. The first-order valence-electron chi connectivity index (χ1n) is 8.29. The van der Waals surface area contributed by atoms with Crippen LogP contribution in [0.4, 0.5) is 0 Å². The Bertz CT molecular complexity index is 995. The maximum atomic E-state index is 11.6. The fourth-order valence-electron chi connectivity index (χ4n) is 3.36. The number of rotatable bonds is 3. The molecule has 2 heteroatoms. The first kappa shape index (κ1) is 16.8. The van der Waals surface area contributed by atoms with Crippen LogP contribution in [0.25, 0.3) is 16.8 Å². The average molecular weight is 327 g/mol. The Kier molecular flexibility index (Phi) is 4.33. The van der Waals surface area contributed by atoms with Gasteiger partial charge in [-0.15, -0.1) is 6.42 Å². The molecule has 25 heavy (non-hydrogen) atoms. The normalized spacial score (nSPS) is 10.5. The number of hydrogen-bond donors (Lipinski definition) is 0. The number of carbonyl (C=O) groups excluding carboxylic acids is 1. The van der Waals surface area contributed by atoms with E-state index in [4.69, 9.17) is 6.42 Å². The van der Waals surface area contributed by atoms with Crippen LogP contribution in [0, 0.1) is 33.1 Å². The first-order chi connectivity index (χ1) is 11.9. The van der Waals surface area contributed by atoms with Crippen LogP contribution in [-0.2, 0) is 0 Å². The molecular weight excluding hydrogens is 306 g/mol. The van der Waals surface area contributed by atoms with E-state index >= 15 is 0 Å². The molecule has 0 radical (unpaired) electrons. The number of aryl methyl sites for hydroxylation is 3. The van der Waals surface area contributed by atoms with Gasteiger partial charge in [-0.2, -0.15) is 0 Å². The van der Waals surface area contributed by atoms with Crippen LogP contribution in [0.1, 0.15) is 39.5 Å². The van der Waals surface area contributed by atoms with Crippen LogP contribution in [0.3, 0.4) is 0 Å². The third-order valence-corrected chi connectivity index (χ3v) is 4.62. The maximum Gasteiger partial charge on any atom is 0.160 e. The van der Waals surface area contributed by atoms with E-state index < -0.39 is 0 Å². The number of aromatic nitrogens is 1. The first-order valence-corrected chi connectivity index (χ1v) is 8.29. The minimum atomic E-state index is 0.0806. The van der Waals surface area contributed by atoms with Crippen molar-refractivity contribution in [2.24, 2.45) is 0 Å². The van der Waals surface area contributed by atoms with Crippen molar-refractivity contribution in [2.75, 3.05) is 0 Å². The summed E-state index contributed by atoms with van der Waals surface area (Å²) in [6.07, 6.45) is 9.82. The summed E-state index contributed by atoms with van der Waals surface area (Å²) in [5.41, 5.74) is 8.24. The molecule has 0 saturated carbocycles. The Labute approximate surface area is 149 Å². The van der Waals surface area contributed by atoms with Crippen LogP contribution < -0.4 is 0 Å². The van der Waals surface area contributed by atoms with Gasteiger partial charge in [0.15, 0.2) is 5.78 Å². The second kappa shape index (κ2) is 6.45. The molecule has 0 saturated heterocycles. The topological polar surface area (TPSA) is 22.0 Å². The average Bonchev–Trinajstić information content (AvgIpc) is 2.98. The molecule has 1 heterocycles. The smallest absolute Gasteiger partial charge is 0.160 e. The van der Waals surface area contributed by atoms with Crippen molar-refractivity contribution in [2.45, 2.75) is 27.7 Å². The number of terminal acetylenes is 1. The van der Waals surface area contributed by atoms with Crippen LogP contribution in [-0.4, -0.2) is 10.4 Å². The minimum absolute atomic E-state index is 0.0806. The molecule has 0 atom stereocenters. The van der Waals surface area contributed by atoms with Gasteiger partial charge in [0.1, 0.15) is 0 Å². The summed E-state index contributed by atoms with van der Waals surface area (Å²) in [5.74, 6) is 2.89. The van der Waals surface area contributed by atoms with Crippen molar-refractivity contribution in [3.63, 3.8) is 0 Å². The highest BCUT2D eigenvalue weighted by molar-refractivity contribution is 5.95. The second-order valence-electron chi connectivity index (χ2n) is 6.46. The zero-order chi connectivity index (χ0) is 18.1. The number of carbonyl (C=O) groups is 1. The van der Waals surface area contributed by atoms with Crippen LogP contribution in [0.2, 0.25) is 0 Å². The van der Waals surface area contributed by atoms with E-state index in [1.165, 1.54) is 16.7 Å². The molecule has 0 aliphatic carbocycles. The number of ketones is 1. The highest BCUT2D eigenvalue weighted by atomic mass is 16.1. The van der Waals surface area contributed by atoms with Crippen molar-refractivity contribution in [3.05, 3.63) is 76.6 Å². The molecule has 3 rings (SSSR count). The Morgan fingerprint density at radius 2 is 1.68 bits per heavy atom. The third-order valence-electron chi connectivity index (χ3n) is 4.62. The van der Waals surface area contributed by atoms with Crippen molar-refractivity contribution in [1.29, 1.82) is 0 Å². The van der Waals surface area contributed by atoms with Crippen LogP contribution in [0.15, 0.2) is 48.8 Å². The van der Waals surface area contributed by atoms with Gasteiger partial charge in [-0.1, -0.05) is 24.1 Å². The van der Waals surface area contributed by atoms with E-state index in [0.717, 1.165) is 27.9 Å².